The summed E-state index contributed by atoms with van der Waals surface area (Å²) in [6.07, 6.45) is 6.92. The van der Waals surface area contributed by atoms with Crippen LogP contribution in [-0.2, 0) is 9.59 Å². The molecule has 0 amide bonds. The van der Waals surface area contributed by atoms with E-state index in [1.807, 2.05) is 0 Å². The Labute approximate surface area is 155 Å². The molecule has 0 aromatic heterocycles. The van der Waals surface area contributed by atoms with Gasteiger partial charge in [0.15, 0.2) is 11.5 Å². The zero-order chi connectivity index (χ0) is 18.7. The third-order valence-electron chi connectivity index (χ3n) is 4.17. The normalized spacial score (nSPS) is 13.4. The molecule has 0 bridgehead atoms. The van der Waals surface area contributed by atoms with E-state index < -0.39 is 12.1 Å². The van der Waals surface area contributed by atoms with E-state index in [0.29, 0.717) is 17.7 Å². The second-order valence-electron chi connectivity index (χ2n) is 6.30. The molecule has 140 valence electrons. The number of hydrogen-bond donors (Lipinski definition) is 4. The number of ketones is 1. The fourth-order valence-corrected chi connectivity index (χ4v) is 2.87. The van der Waals surface area contributed by atoms with Gasteiger partial charge in [0.2, 0.25) is 0 Å². The molecule has 3 N–H and O–H groups in total. The van der Waals surface area contributed by atoms with Crippen molar-refractivity contribution in [2.75, 3.05) is 5.75 Å². The average molecular weight is 368 g/mol. The summed E-state index contributed by atoms with van der Waals surface area (Å²) in [5, 5.41) is 22.3. The smallest absolute Gasteiger partial charge is 0.157 e. The van der Waals surface area contributed by atoms with Gasteiger partial charge >= 0.3 is 0 Å². The van der Waals surface area contributed by atoms with Crippen molar-refractivity contribution in [1.29, 1.82) is 0 Å². The molecule has 1 unspecified atom stereocenters. The molecule has 1 rings (SSSR count). The highest BCUT2D eigenvalue weighted by Crippen LogP contribution is 2.29. The second kappa shape index (κ2) is 11.9. The number of nitrogens with one attached hydrogen (secondary N) is 1. The lowest BCUT2D eigenvalue weighted by Gasteiger charge is -2.22. The van der Waals surface area contributed by atoms with Crippen molar-refractivity contribution in [2.24, 2.45) is 0 Å². The first-order chi connectivity index (χ1) is 12.0. The fraction of sp³-hybridized carbons (Fsp3) is 0.579. The van der Waals surface area contributed by atoms with Crippen molar-refractivity contribution >= 4 is 24.7 Å². The van der Waals surface area contributed by atoms with Gasteiger partial charge < -0.3 is 15.0 Å². The van der Waals surface area contributed by atoms with Gasteiger partial charge in [0.1, 0.15) is 12.1 Å². The van der Waals surface area contributed by atoms with E-state index in [9.17, 15) is 19.8 Å². The third-order valence-corrected chi connectivity index (χ3v) is 4.56. The van der Waals surface area contributed by atoms with Crippen molar-refractivity contribution in [1.82, 2.24) is 5.32 Å². The Hall–Kier alpha value is -1.53. The van der Waals surface area contributed by atoms with E-state index in [2.05, 4.69) is 24.9 Å². The summed E-state index contributed by atoms with van der Waals surface area (Å²) in [5.74, 6) is -0.0314. The second-order valence-corrected chi connectivity index (χ2v) is 6.66. The molecular formula is C19H29NO4S. The van der Waals surface area contributed by atoms with Crippen LogP contribution in [0.3, 0.4) is 0 Å². The Bertz CT molecular complexity index is 550. The number of carbonyl (C=O) groups excluding carboxylic acids is 2. The summed E-state index contributed by atoms with van der Waals surface area (Å²) >= 11 is 4.13. The standard InChI is InChI=1S/C19H29NO4S/c1-2-3-4-5-6-7-16(22)11-17(20-15(12-21)13-25)14-8-9-18(23)19(24)10-14/h8-10,12,15,17,20,23-25H,2-7,11,13H2,1H3/t15-,17?/m1/s1. The summed E-state index contributed by atoms with van der Waals surface area (Å²) in [4.78, 5) is 23.4. The first-order valence-electron chi connectivity index (χ1n) is 8.87. The Kier molecular flexibility index (Phi) is 10.3. The number of aromatic hydroxyl groups is 2. The number of rotatable bonds is 13. The number of unbranched alkanes of at least 4 members (excludes halogenated alkanes) is 4. The minimum Gasteiger partial charge on any atom is -0.504 e. The lowest BCUT2D eigenvalue weighted by atomic mass is 9.97. The van der Waals surface area contributed by atoms with Crippen LogP contribution in [0.1, 0.15) is 63.5 Å². The summed E-state index contributed by atoms with van der Waals surface area (Å²) < 4.78 is 0. The Morgan fingerprint density at radius 2 is 1.92 bits per heavy atom. The lowest BCUT2D eigenvalue weighted by Crippen LogP contribution is -2.36. The van der Waals surface area contributed by atoms with Crippen LogP contribution in [0.2, 0.25) is 0 Å². The van der Waals surface area contributed by atoms with E-state index in [-0.39, 0.29) is 23.7 Å². The number of hydrogen-bond acceptors (Lipinski definition) is 6. The van der Waals surface area contributed by atoms with Crippen LogP contribution in [0.15, 0.2) is 18.2 Å². The van der Waals surface area contributed by atoms with E-state index in [1.165, 1.54) is 25.0 Å². The van der Waals surface area contributed by atoms with Crippen molar-refractivity contribution in [2.45, 2.75) is 64.0 Å². The zero-order valence-corrected chi connectivity index (χ0v) is 15.7. The minimum absolute atomic E-state index is 0.116. The van der Waals surface area contributed by atoms with E-state index in [0.717, 1.165) is 25.5 Å². The highest BCUT2D eigenvalue weighted by Gasteiger charge is 2.20. The Balaban J connectivity index is 2.72. The summed E-state index contributed by atoms with van der Waals surface area (Å²) in [5.41, 5.74) is 0.656. The molecule has 0 aliphatic rings. The SMILES string of the molecule is CCCCCCCC(=O)CC(N[C@H](C=O)CS)c1ccc(O)c(O)c1. The van der Waals surface area contributed by atoms with E-state index in [4.69, 9.17) is 0 Å². The molecule has 0 fully saturated rings. The van der Waals surface area contributed by atoms with Crippen LogP contribution < -0.4 is 5.32 Å². The molecule has 0 heterocycles. The summed E-state index contributed by atoms with van der Waals surface area (Å²) in [7, 11) is 0. The van der Waals surface area contributed by atoms with E-state index in [1.54, 1.807) is 6.07 Å². The molecule has 2 atom stereocenters. The molecule has 25 heavy (non-hydrogen) atoms. The van der Waals surface area contributed by atoms with E-state index >= 15 is 0 Å². The number of phenols is 2. The Morgan fingerprint density at radius 3 is 2.52 bits per heavy atom. The molecule has 0 spiro atoms. The topological polar surface area (TPSA) is 86.6 Å². The number of aldehydes is 1. The van der Waals surface area contributed by atoms with Gasteiger partial charge in [-0.2, -0.15) is 12.6 Å². The van der Waals surface area contributed by atoms with Crippen LogP contribution in [0.4, 0.5) is 0 Å². The minimum atomic E-state index is -0.485. The van der Waals surface area contributed by atoms with Gasteiger partial charge in [0, 0.05) is 24.6 Å². The predicted molar refractivity (Wildman–Crippen MR) is 102 cm³/mol. The molecule has 0 aliphatic heterocycles. The van der Waals surface area contributed by atoms with Gasteiger partial charge in [0.25, 0.3) is 0 Å². The summed E-state index contributed by atoms with van der Waals surface area (Å²) in [6.45, 7) is 2.15. The molecule has 6 heteroatoms. The molecule has 5 nitrogen and oxygen atoms in total. The third kappa shape index (κ3) is 7.92. The van der Waals surface area contributed by atoms with Gasteiger partial charge in [-0.15, -0.1) is 0 Å². The highest BCUT2D eigenvalue weighted by atomic mass is 32.1. The van der Waals surface area contributed by atoms with Crippen molar-refractivity contribution in [3.05, 3.63) is 23.8 Å². The van der Waals surface area contributed by atoms with Crippen LogP contribution >= 0.6 is 12.6 Å². The first-order valence-corrected chi connectivity index (χ1v) is 9.50. The predicted octanol–water partition coefficient (Wildman–Crippen LogP) is 3.55. The first kappa shape index (κ1) is 21.5. The maximum absolute atomic E-state index is 12.3. The molecule has 0 aliphatic carbocycles. The molecule has 0 saturated carbocycles. The maximum atomic E-state index is 12.3. The maximum Gasteiger partial charge on any atom is 0.157 e. The van der Waals surface area contributed by atoms with Crippen LogP contribution in [0.5, 0.6) is 11.5 Å². The molecule has 1 aromatic carbocycles. The molecule has 1 aromatic rings. The largest absolute Gasteiger partial charge is 0.504 e. The Morgan fingerprint density at radius 1 is 1.20 bits per heavy atom. The van der Waals surface area contributed by atoms with Gasteiger partial charge in [-0.05, 0) is 24.1 Å². The molecule has 0 saturated heterocycles. The number of thiol groups is 1. The zero-order valence-electron chi connectivity index (χ0n) is 14.8. The number of carbonyl (C=O) groups is 2. The van der Waals surface area contributed by atoms with Crippen molar-refractivity contribution < 1.29 is 19.8 Å². The average Bonchev–Trinajstić information content (AvgIpc) is 2.60. The van der Waals surface area contributed by atoms with Gasteiger partial charge in [0.05, 0.1) is 6.04 Å². The number of benzene rings is 1. The monoisotopic (exact) mass is 367 g/mol. The van der Waals surface area contributed by atoms with Crippen LogP contribution in [0.25, 0.3) is 0 Å². The number of Topliss-reactive ketones (excluding diaryl/α,β-unsaturated/α-hetero) is 1. The van der Waals surface area contributed by atoms with Gasteiger partial charge in [-0.25, -0.2) is 0 Å². The van der Waals surface area contributed by atoms with Gasteiger partial charge in [-0.3, -0.25) is 10.1 Å². The van der Waals surface area contributed by atoms with Gasteiger partial charge in [-0.1, -0.05) is 38.7 Å². The highest BCUT2D eigenvalue weighted by molar-refractivity contribution is 7.80. The molecule has 0 radical (unpaired) electrons. The fourth-order valence-electron chi connectivity index (χ4n) is 2.68. The lowest BCUT2D eigenvalue weighted by molar-refractivity contribution is -0.120. The van der Waals surface area contributed by atoms with Crippen LogP contribution in [-0.4, -0.2) is 34.1 Å². The quantitative estimate of drug-likeness (QED) is 0.185. The molecular weight excluding hydrogens is 338 g/mol. The summed E-state index contributed by atoms with van der Waals surface area (Å²) in [6, 6.07) is 3.55. The van der Waals surface area contributed by atoms with Crippen molar-refractivity contribution in [3.8, 4) is 11.5 Å². The van der Waals surface area contributed by atoms with Crippen LogP contribution in [0, 0.1) is 0 Å². The number of phenolic OH excluding ortho intramolecular Hbond substituents is 2. The van der Waals surface area contributed by atoms with Crippen molar-refractivity contribution in [3.63, 3.8) is 0 Å².